The molecule has 8 aromatic rings. The van der Waals surface area contributed by atoms with Gasteiger partial charge in [-0.25, -0.2) is 24.3 Å². The normalized spacial score (nSPS) is 14.9. The molecule has 2 atom stereocenters. The number of benzene rings is 4. The minimum Gasteiger partial charge on any atom is -0.485 e. The van der Waals surface area contributed by atoms with E-state index >= 15 is 0 Å². The fourth-order valence-electron chi connectivity index (χ4n) is 7.15. The van der Waals surface area contributed by atoms with Gasteiger partial charge in [-0.2, -0.15) is 0 Å². The molecular weight excluding hydrogens is 734 g/mol. The molecule has 0 spiro atoms. The molecule has 0 saturated carbocycles. The van der Waals surface area contributed by atoms with E-state index in [2.05, 4.69) is 20.3 Å². The quantitative estimate of drug-likeness (QED) is 0.117. The third kappa shape index (κ3) is 7.10. The average molecular weight is 770 g/mol. The van der Waals surface area contributed by atoms with Gasteiger partial charge in [0.2, 0.25) is 5.91 Å². The van der Waals surface area contributed by atoms with Crippen molar-refractivity contribution in [3.63, 3.8) is 0 Å². The van der Waals surface area contributed by atoms with Crippen LogP contribution >= 0.6 is 0 Å². The van der Waals surface area contributed by atoms with Crippen LogP contribution in [0, 0.1) is 12.7 Å². The first-order chi connectivity index (χ1) is 28.3. The molecule has 1 amide bonds. The third-order valence-corrected chi connectivity index (χ3v) is 10.1. The van der Waals surface area contributed by atoms with Gasteiger partial charge in [-0.3, -0.25) is 14.8 Å². The topological polar surface area (TPSA) is 177 Å². The largest absolute Gasteiger partial charge is 0.485 e. The average Bonchev–Trinajstić information content (AvgIpc) is 3.23. The predicted molar refractivity (Wildman–Crippen MR) is 221 cm³/mol. The van der Waals surface area contributed by atoms with Crippen molar-refractivity contribution in [2.75, 3.05) is 24.2 Å². The zero-order valence-corrected chi connectivity index (χ0v) is 31.3. The van der Waals surface area contributed by atoms with Crippen molar-refractivity contribution in [3.05, 3.63) is 139 Å². The summed E-state index contributed by atoms with van der Waals surface area (Å²) in [5.74, 6) is 1.29. The van der Waals surface area contributed by atoms with Crippen LogP contribution in [-0.2, 0) is 9.53 Å². The molecule has 9 rings (SSSR count). The number of nitrogens with two attached hydrogens (primary N) is 2. The molecule has 286 valence electrons. The smallest absolute Gasteiger partial charge is 0.219 e. The number of carbonyl (C=O) groups excluding carboxylic acids is 1. The molecule has 13 heteroatoms. The van der Waals surface area contributed by atoms with Crippen molar-refractivity contribution in [3.8, 4) is 50.5 Å². The number of amides is 1. The van der Waals surface area contributed by atoms with Crippen molar-refractivity contribution in [1.29, 1.82) is 0 Å². The van der Waals surface area contributed by atoms with Crippen LogP contribution in [-0.4, -0.2) is 55.1 Å². The highest BCUT2D eigenvalue weighted by Crippen LogP contribution is 2.39. The van der Waals surface area contributed by atoms with E-state index in [1.54, 1.807) is 31.5 Å². The molecule has 1 aliphatic rings. The molecule has 0 aliphatic carbocycles. The second-order valence-corrected chi connectivity index (χ2v) is 14.0. The Hall–Kier alpha value is -7.38. The summed E-state index contributed by atoms with van der Waals surface area (Å²) in [7, 11) is 0. The summed E-state index contributed by atoms with van der Waals surface area (Å²) >= 11 is 0. The Bertz CT molecular complexity index is 2870. The molecule has 1 saturated heterocycles. The molecule has 4 aromatic carbocycles. The number of nitrogens with zero attached hydrogens (tertiary/aromatic N) is 6. The summed E-state index contributed by atoms with van der Waals surface area (Å²) < 4.78 is 26.7. The van der Waals surface area contributed by atoms with Crippen LogP contribution in [0.25, 0.3) is 66.6 Å². The number of ether oxygens (including phenoxy) is 2. The number of aryl methyl sites for hydroxylation is 1. The number of primary amides is 1. The Labute approximate surface area is 332 Å². The van der Waals surface area contributed by atoms with Gasteiger partial charge in [-0.1, -0.05) is 36.4 Å². The van der Waals surface area contributed by atoms with Crippen molar-refractivity contribution >= 4 is 39.3 Å². The minimum absolute atomic E-state index is 0.112. The van der Waals surface area contributed by atoms with E-state index in [-0.39, 0.29) is 24.9 Å². The lowest BCUT2D eigenvalue weighted by Crippen LogP contribution is -2.43. The first-order valence-corrected chi connectivity index (χ1v) is 18.7. The number of hydrogen-bond acceptors (Lipinski definition) is 11. The van der Waals surface area contributed by atoms with Gasteiger partial charge in [0.05, 0.1) is 29.0 Å². The molecule has 5 N–H and O–H groups in total. The summed E-state index contributed by atoms with van der Waals surface area (Å²) in [5.41, 5.74) is 20.4. The molecule has 4 aromatic heterocycles. The van der Waals surface area contributed by atoms with Crippen molar-refractivity contribution in [2.24, 2.45) is 5.73 Å². The van der Waals surface area contributed by atoms with Crippen LogP contribution in [0.5, 0.6) is 5.75 Å². The highest BCUT2D eigenvalue weighted by Gasteiger charge is 2.38. The van der Waals surface area contributed by atoms with Gasteiger partial charge in [0.15, 0.2) is 18.0 Å². The molecule has 1 fully saturated rings. The summed E-state index contributed by atoms with van der Waals surface area (Å²) in [4.78, 5) is 39.5. The zero-order valence-electron chi connectivity index (χ0n) is 31.3. The molecule has 12 nitrogen and oxygen atoms in total. The lowest BCUT2D eigenvalue weighted by molar-refractivity contribution is -0.156. The number of aromatic nitrogens is 6. The molecule has 0 radical (unpaired) electrons. The Morgan fingerprint density at radius 2 is 1.50 bits per heavy atom. The van der Waals surface area contributed by atoms with Gasteiger partial charge in [0, 0.05) is 58.4 Å². The fraction of sp³-hybridized carbons (Fsp3) is 0.133. The number of pyridine rings is 2. The van der Waals surface area contributed by atoms with Gasteiger partial charge < -0.3 is 26.3 Å². The number of fused-ring (bicyclic) bond motifs is 2. The SMILES string of the molecule is Cc1cc(-c2ncccc2-c2ccc3nc(C4OCC4Oc4cccc(-c5ncccc5-c5ccc6ncnc(N)c6c5)c4)nc(NCCC(N)=O)c3c2)ccc1F. The van der Waals surface area contributed by atoms with E-state index < -0.39 is 12.0 Å². The maximum Gasteiger partial charge on any atom is 0.219 e. The van der Waals surface area contributed by atoms with Crippen LogP contribution in [0.3, 0.4) is 0 Å². The molecular formula is C45H36FN9O3. The van der Waals surface area contributed by atoms with Gasteiger partial charge in [0.1, 0.15) is 29.5 Å². The van der Waals surface area contributed by atoms with E-state index in [9.17, 15) is 9.18 Å². The van der Waals surface area contributed by atoms with Crippen molar-refractivity contribution in [1.82, 2.24) is 29.9 Å². The van der Waals surface area contributed by atoms with E-state index in [1.807, 2.05) is 84.9 Å². The highest BCUT2D eigenvalue weighted by molar-refractivity contribution is 5.95. The lowest BCUT2D eigenvalue weighted by atomic mass is 9.97. The van der Waals surface area contributed by atoms with Crippen LogP contribution < -0.4 is 21.5 Å². The Morgan fingerprint density at radius 1 is 0.793 bits per heavy atom. The number of hydrogen-bond donors (Lipinski definition) is 3. The van der Waals surface area contributed by atoms with Crippen molar-refractivity contribution in [2.45, 2.75) is 25.6 Å². The van der Waals surface area contributed by atoms with Gasteiger partial charge >= 0.3 is 0 Å². The molecule has 1 aliphatic heterocycles. The summed E-state index contributed by atoms with van der Waals surface area (Å²) in [5, 5.41) is 4.79. The molecule has 2 unspecified atom stereocenters. The molecule has 5 heterocycles. The monoisotopic (exact) mass is 769 g/mol. The van der Waals surface area contributed by atoms with E-state index in [1.165, 1.54) is 12.4 Å². The van der Waals surface area contributed by atoms with Crippen LogP contribution in [0.2, 0.25) is 0 Å². The van der Waals surface area contributed by atoms with Gasteiger partial charge in [-0.15, -0.1) is 0 Å². The fourth-order valence-corrected chi connectivity index (χ4v) is 7.15. The first kappa shape index (κ1) is 36.3. The second kappa shape index (κ2) is 15.3. The number of halogens is 1. The Morgan fingerprint density at radius 3 is 2.21 bits per heavy atom. The number of carbonyl (C=O) groups is 1. The Kier molecular flexibility index (Phi) is 9.55. The lowest BCUT2D eigenvalue weighted by Gasteiger charge is -2.35. The Balaban J connectivity index is 1.01. The zero-order chi connectivity index (χ0) is 39.8. The highest BCUT2D eigenvalue weighted by atomic mass is 19.1. The van der Waals surface area contributed by atoms with E-state index in [0.29, 0.717) is 46.6 Å². The summed E-state index contributed by atoms with van der Waals surface area (Å²) in [6, 6.07) is 32.3. The maximum absolute atomic E-state index is 14.2. The third-order valence-electron chi connectivity index (χ3n) is 10.1. The predicted octanol–water partition coefficient (Wildman–Crippen LogP) is 7.87. The van der Waals surface area contributed by atoms with Gasteiger partial charge in [0.25, 0.3) is 0 Å². The number of nitrogen functional groups attached to an aromatic ring is 1. The summed E-state index contributed by atoms with van der Waals surface area (Å²) in [6.45, 7) is 2.34. The number of anilines is 2. The number of rotatable bonds is 11. The number of nitrogens with one attached hydrogen (secondary N) is 1. The second-order valence-electron chi connectivity index (χ2n) is 14.0. The van der Waals surface area contributed by atoms with Crippen molar-refractivity contribution < 1.29 is 18.7 Å². The van der Waals surface area contributed by atoms with Crippen LogP contribution in [0.15, 0.2) is 122 Å². The standard InChI is InChI=1S/C45H36FN9O3/c1-25-19-29(9-12-35(25)46)41-32(8-4-17-50-41)27-11-14-37-34(22-27)44(51-18-15-39(47)56)55-45(54-37)42-38(23-57-42)58-30-6-2-5-28(20-30)40-31(7-3-16-49-40)26-10-13-36-33(21-26)43(48)53-24-52-36/h2-14,16-17,19-22,24,38,42H,15,18,23H2,1H3,(H2,47,56)(H2,48,52,53)(H,51,54,55). The molecule has 0 bridgehead atoms. The van der Waals surface area contributed by atoms with Gasteiger partial charge in [-0.05, 0) is 90.3 Å². The van der Waals surface area contributed by atoms with E-state index in [4.69, 9.17) is 35.9 Å². The van der Waals surface area contributed by atoms with Crippen LogP contribution in [0.4, 0.5) is 16.0 Å². The minimum atomic E-state index is -0.563. The summed E-state index contributed by atoms with van der Waals surface area (Å²) in [6.07, 6.45) is 4.10. The maximum atomic E-state index is 14.2. The van der Waals surface area contributed by atoms with Crippen LogP contribution in [0.1, 0.15) is 23.9 Å². The molecule has 58 heavy (non-hydrogen) atoms. The van der Waals surface area contributed by atoms with E-state index in [0.717, 1.165) is 55.4 Å². The first-order valence-electron chi connectivity index (χ1n) is 18.7.